The van der Waals surface area contributed by atoms with Crippen molar-refractivity contribution < 1.29 is 9.47 Å². The van der Waals surface area contributed by atoms with Gasteiger partial charge in [0.1, 0.15) is 5.82 Å². The van der Waals surface area contributed by atoms with Crippen LogP contribution in [-0.4, -0.2) is 53.9 Å². The number of nitrogens with one attached hydrogen (secondary N) is 1. The van der Waals surface area contributed by atoms with Crippen molar-refractivity contribution in [1.82, 2.24) is 14.9 Å². The van der Waals surface area contributed by atoms with Gasteiger partial charge in [0.05, 0.1) is 6.04 Å². The zero-order valence-corrected chi connectivity index (χ0v) is 17.2. The molecule has 3 aliphatic heterocycles. The first-order valence-corrected chi connectivity index (χ1v) is 10.8. The van der Waals surface area contributed by atoms with Gasteiger partial charge in [-0.3, -0.25) is 4.90 Å². The third-order valence-corrected chi connectivity index (χ3v) is 6.15. The average Bonchev–Trinajstić information content (AvgIpc) is 2.97. The number of hydrogen-bond donors (Lipinski definition) is 1. The molecule has 8 heteroatoms. The van der Waals surface area contributed by atoms with Crippen molar-refractivity contribution in [2.24, 2.45) is 0 Å². The number of nitrogens with zero attached hydrogens (tertiary/aromatic N) is 4. The monoisotopic (exact) mass is 415 g/mol. The van der Waals surface area contributed by atoms with Crippen molar-refractivity contribution in [2.45, 2.75) is 38.3 Å². The van der Waals surface area contributed by atoms with E-state index in [1.165, 1.54) is 25.7 Å². The first-order valence-electron chi connectivity index (χ1n) is 10.4. The lowest BCUT2D eigenvalue weighted by atomic mass is 10.1. The maximum absolute atomic E-state index is 6.40. The fraction of sp³-hybridized carbons (Fsp3) is 0.524. The summed E-state index contributed by atoms with van der Waals surface area (Å²) < 4.78 is 10.8. The number of anilines is 2. The van der Waals surface area contributed by atoms with Crippen molar-refractivity contribution in [1.29, 1.82) is 0 Å². The molecule has 1 aromatic carbocycles. The summed E-state index contributed by atoms with van der Waals surface area (Å²) in [5.74, 6) is 3.26. The lowest BCUT2D eigenvalue weighted by Crippen LogP contribution is -2.54. The molecule has 4 heterocycles. The zero-order chi connectivity index (χ0) is 19.6. The Morgan fingerprint density at radius 1 is 1.07 bits per heavy atom. The Hall–Kier alpha value is -2.25. The van der Waals surface area contributed by atoms with Gasteiger partial charge in [-0.1, -0.05) is 24.4 Å². The number of ether oxygens (including phenoxy) is 2. The minimum atomic E-state index is 0.265. The van der Waals surface area contributed by atoms with E-state index in [9.17, 15) is 0 Å². The predicted molar refractivity (Wildman–Crippen MR) is 113 cm³/mol. The van der Waals surface area contributed by atoms with Crippen LogP contribution in [0.5, 0.6) is 11.5 Å². The van der Waals surface area contributed by atoms with Gasteiger partial charge in [-0.05, 0) is 30.5 Å². The fourth-order valence-corrected chi connectivity index (χ4v) is 4.40. The number of aromatic nitrogens is 2. The molecule has 1 aromatic heterocycles. The second-order valence-electron chi connectivity index (χ2n) is 7.97. The maximum Gasteiger partial charge on any atom is 0.231 e. The van der Waals surface area contributed by atoms with Crippen LogP contribution in [0, 0.1) is 0 Å². The molecule has 0 saturated carbocycles. The van der Waals surface area contributed by atoms with Crippen molar-refractivity contribution in [3.8, 4) is 11.5 Å². The molecule has 7 nitrogen and oxygen atoms in total. The Balaban J connectivity index is 1.16. The van der Waals surface area contributed by atoms with Crippen molar-refractivity contribution >= 4 is 23.4 Å². The van der Waals surface area contributed by atoms with Crippen LogP contribution in [0.1, 0.15) is 31.2 Å². The lowest BCUT2D eigenvalue weighted by Gasteiger charge is -2.39. The van der Waals surface area contributed by atoms with E-state index in [1.807, 2.05) is 24.4 Å². The molecule has 154 valence electrons. The number of likely N-dealkylation sites (tertiary alicyclic amines) is 1. The molecule has 0 bridgehead atoms. The van der Waals surface area contributed by atoms with Crippen LogP contribution in [0.2, 0.25) is 5.02 Å². The topological polar surface area (TPSA) is 62.8 Å². The largest absolute Gasteiger partial charge is 0.454 e. The molecule has 0 aliphatic carbocycles. The van der Waals surface area contributed by atoms with Gasteiger partial charge in [-0.25, -0.2) is 4.98 Å². The summed E-state index contributed by atoms with van der Waals surface area (Å²) >= 11 is 6.40. The fourth-order valence-electron chi connectivity index (χ4n) is 4.19. The second-order valence-corrected chi connectivity index (χ2v) is 8.38. The summed E-state index contributed by atoms with van der Waals surface area (Å²) in [5.41, 5.74) is 1.06. The first kappa shape index (κ1) is 18.8. The Kier molecular flexibility index (Phi) is 5.33. The number of halogens is 1. The molecule has 0 amide bonds. The molecular formula is C21H26ClN5O2. The molecule has 2 fully saturated rings. The van der Waals surface area contributed by atoms with Crippen molar-refractivity contribution in [3.63, 3.8) is 0 Å². The minimum Gasteiger partial charge on any atom is -0.454 e. The summed E-state index contributed by atoms with van der Waals surface area (Å²) in [6, 6.07) is 6.20. The molecule has 0 atom stereocenters. The summed E-state index contributed by atoms with van der Waals surface area (Å²) in [5, 5.41) is 4.20. The van der Waals surface area contributed by atoms with E-state index >= 15 is 0 Å². The van der Waals surface area contributed by atoms with Gasteiger partial charge in [0.2, 0.25) is 12.7 Å². The van der Waals surface area contributed by atoms with E-state index in [4.69, 9.17) is 26.1 Å². The molecule has 0 spiro atoms. The standard InChI is InChI=1S/C21H26ClN5O2/c22-17-10-19-18(28-14-29-19)9-15(17)11-26-12-16(13-26)24-21-23-6-5-20(25-21)27-7-3-1-2-4-8-27/h5-6,9-10,16H,1-4,7-8,11-14H2,(H,23,24,25). The number of benzene rings is 1. The van der Waals surface area contributed by atoms with Gasteiger partial charge >= 0.3 is 0 Å². The molecule has 0 unspecified atom stereocenters. The van der Waals surface area contributed by atoms with E-state index in [1.54, 1.807) is 0 Å². The van der Waals surface area contributed by atoms with Gasteiger partial charge in [0.25, 0.3) is 0 Å². The normalized spacial score (nSPS) is 19.7. The van der Waals surface area contributed by atoms with Crippen molar-refractivity contribution in [2.75, 3.05) is 43.2 Å². The van der Waals surface area contributed by atoms with Gasteiger partial charge < -0.3 is 19.7 Å². The van der Waals surface area contributed by atoms with E-state index in [0.29, 0.717) is 6.04 Å². The highest BCUT2D eigenvalue weighted by molar-refractivity contribution is 6.31. The minimum absolute atomic E-state index is 0.265. The second kappa shape index (κ2) is 8.24. The van der Waals surface area contributed by atoms with Gasteiger partial charge in [-0.15, -0.1) is 0 Å². The number of rotatable bonds is 5. The number of fused-ring (bicyclic) bond motifs is 1. The Labute approximate surface area is 176 Å². The van der Waals surface area contributed by atoms with Gasteiger partial charge in [0, 0.05) is 50.0 Å². The van der Waals surface area contributed by atoms with Crippen LogP contribution >= 0.6 is 11.6 Å². The number of hydrogen-bond acceptors (Lipinski definition) is 7. The summed E-state index contributed by atoms with van der Waals surface area (Å²) in [6.07, 6.45) is 6.98. The Morgan fingerprint density at radius 3 is 2.62 bits per heavy atom. The van der Waals surface area contributed by atoms with Crippen molar-refractivity contribution in [3.05, 3.63) is 35.0 Å². The third kappa shape index (κ3) is 4.21. The summed E-state index contributed by atoms with van der Waals surface area (Å²) in [6.45, 7) is 5.10. The molecule has 2 aromatic rings. The van der Waals surface area contributed by atoms with E-state index in [2.05, 4.69) is 20.1 Å². The summed E-state index contributed by atoms with van der Waals surface area (Å²) in [4.78, 5) is 13.9. The molecule has 2 saturated heterocycles. The van der Waals surface area contributed by atoms with Crippen LogP contribution < -0.4 is 19.7 Å². The van der Waals surface area contributed by atoms with Crippen LogP contribution in [0.25, 0.3) is 0 Å². The highest BCUT2D eigenvalue weighted by Gasteiger charge is 2.28. The lowest BCUT2D eigenvalue weighted by molar-refractivity contribution is 0.152. The average molecular weight is 416 g/mol. The quantitative estimate of drug-likeness (QED) is 0.801. The Morgan fingerprint density at radius 2 is 1.83 bits per heavy atom. The molecule has 0 radical (unpaired) electrons. The SMILES string of the molecule is Clc1cc2c(cc1CN1CC(Nc3nccc(N4CCCCCC4)n3)C1)OCO2. The smallest absolute Gasteiger partial charge is 0.231 e. The predicted octanol–water partition coefficient (Wildman–Crippen LogP) is 3.54. The first-order chi connectivity index (χ1) is 14.2. The molecule has 1 N–H and O–H groups in total. The third-order valence-electron chi connectivity index (χ3n) is 5.80. The van der Waals surface area contributed by atoms with Crippen LogP contribution in [0.4, 0.5) is 11.8 Å². The highest BCUT2D eigenvalue weighted by atomic mass is 35.5. The van der Waals surface area contributed by atoms with E-state index in [-0.39, 0.29) is 6.79 Å². The molecular weight excluding hydrogens is 390 g/mol. The molecule has 3 aliphatic rings. The van der Waals surface area contributed by atoms with E-state index < -0.39 is 0 Å². The van der Waals surface area contributed by atoms with Crippen LogP contribution in [0.15, 0.2) is 24.4 Å². The maximum atomic E-state index is 6.40. The highest BCUT2D eigenvalue weighted by Crippen LogP contribution is 2.37. The van der Waals surface area contributed by atoms with Gasteiger partial charge in [-0.2, -0.15) is 4.98 Å². The Bertz CT molecular complexity index is 866. The summed E-state index contributed by atoms with van der Waals surface area (Å²) in [7, 11) is 0. The van der Waals surface area contributed by atoms with Gasteiger partial charge in [0.15, 0.2) is 11.5 Å². The van der Waals surface area contributed by atoms with Crippen LogP contribution in [0.3, 0.4) is 0 Å². The van der Waals surface area contributed by atoms with E-state index in [0.717, 1.165) is 66.6 Å². The van der Waals surface area contributed by atoms with Crippen LogP contribution in [-0.2, 0) is 6.54 Å². The zero-order valence-electron chi connectivity index (χ0n) is 16.4. The molecule has 29 heavy (non-hydrogen) atoms. The molecule has 5 rings (SSSR count).